The Bertz CT molecular complexity index is 1820. The summed E-state index contributed by atoms with van der Waals surface area (Å²) < 4.78 is 4.80. The van der Waals surface area contributed by atoms with Gasteiger partial charge in [0.1, 0.15) is 5.52 Å². The summed E-state index contributed by atoms with van der Waals surface area (Å²) in [5.74, 6) is -1.47. The minimum absolute atomic E-state index is 0.171. The molecule has 45 heavy (non-hydrogen) atoms. The molecule has 0 fully saturated rings. The van der Waals surface area contributed by atoms with E-state index >= 15 is 0 Å². The van der Waals surface area contributed by atoms with E-state index in [9.17, 15) is 19.5 Å². The molecule has 0 aliphatic rings. The number of benzene rings is 2. The number of carboxylic acid groups (broad SMARTS) is 1. The van der Waals surface area contributed by atoms with Gasteiger partial charge in [-0.15, -0.1) is 0 Å². The van der Waals surface area contributed by atoms with Crippen molar-refractivity contribution in [3.8, 4) is 11.1 Å². The van der Waals surface area contributed by atoms with Crippen LogP contribution in [0.4, 0.5) is 0 Å². The Morgan fingerprint density at radius 1 is 0.956 bits per heavy atom. The Labute approximate surface area is 264 Å². The van der Waals surface area contributed by atoms with Crippen LogP contribution >= 0.6 is 0 Å². The number of fused-ring (bicyclic) bond motifs is 1. The number of allylic oxidation sites excluding steroid dienone is 2. The molecule has 0 bridgehead atoms. The second kappa shape index (κ2) is 13.7. The first kappa shape index (κ1) is 32.8. The molecule has 8 heteroatoms. The number of aromatic nitrogens is 2. The summed E-state index contributed by atoms with van der Waals surface area (Å²) in [7, 11) is 1.34. The number of esters is 1. The lowest BCUT2D eigenvalue weighted by molar-refractivity contribution is -0.142. The van der Waals surface area contributed by atoms with E-state index in [2.05, 4.69) is 9.97 Å². The van der Waals surface area contributed by atoms with Gasteiger partial charge in [0.25, 0.3) is 5.91 Å². The SMILES string of the molecule is COC(=O)/C(C)=C/C=C(\C)CN(Cc1ccc(-c2cccc(C(C)(C)C(=O)O)c2)cc1)C(=O)c1c(C)c(C)nc2cccnc12. The maximum absolute atomic E-state index is 14.3. The van der Waals surface area contributed by atoms with Crippen molar-refractivity contribution >= 4 is 28.9 Å². The number of hydrogen-bond donors (Lipinski definition) is 1. The predicted molar refractivity (Wildman–Crippen MR) is 176 cm³/mol. The second-order valence-electron chi connectivity index (χ2n) is 11.8. The largest absolute Gasteiger partial charge is 0.481 e. The van der Waals surface area contributed by atoms with Crippen molar-refractivity contribution in [2.75, 3.05) is 13.7 Å². The van der Waals surface area contributed by atoms with Crippen molar-refractivity contribution in [2.45, 2.75) is 53.5 Å². The monoisotopic (exact) mass is 605 g/mol. The summed E-state index contributed by atoms with van der Waals surface area (Å²) in [5, 5.41) is 9.69. The molecule has 232 valence electrons. The van der Waals surface area contributed by atoms with Gasteiger partial charge in [-0.1, -0.05) is 66.3 Å². The number of carboxylic acids is 1. The van der Waals surface area contributed by atoms with Gasteiger partial charge in [-0.05, 0) is 81.5 Å². The predicted octanol–water partition coefficient (Wildman–Crippen LogP) is 6.98. The number of rotatable bonds is 10. The summed E-state index contributed by atoms with van der Waals surface area (Å²) in [5.41, 5.74) is 7.07. The fourth-order valence-electron chi connectivity index (χ4n) is 5.01. The van der Waals surface area contributed by atoms with Crippen LogP contribution in [0.5, 0.6) is 0 Å². The number of methoxy groups -OCH3 is 1. The molecule has 0 unspecified atom stereocenters. The van der Waals surface area contributed by atoms with Gasteiger partial charge in [0.15, 0.2) is 0 Å². The highest BCUT2D eigenvalue weighted by atomic mass is 16.5. The fourth-order valence-corrected chi connectivity index (χ4v) is 5.01. The van der Waals surface area contributed by atoms with E-state index in [1.165, 1.54) is 7.11 Å². The number of aliphatic carboxylic acids is 1. The van der Waals surface area contributed by atoms with Crippen LogP contribution in [0, 0.1) is 13.8 Å². The van der Waals surface area contributed by atoms with E-state index < -0.39 is 17.4 Å². The number of ether oxygens (including phenoxy) is 1. The number of carbonyl (C=O) groups is 3. The lowest BCUT2D eigenvalue weighted by Gasteiger charge is -2.25. The number of aryl methyl sites for hydroxylation is 1. The van der Waals surface area contributed by atoms with E-state index in [1.807, 2.05) is 81.4 Å². The molecular formula is C37H39N3O5. The van der Waals surface area contributed by atoms with Crippen LogP contribution in [-0.4, -0.2) is 51.5 Å². The van der Waals surface area contributed by atoms with E-state index in [4.69, 9.17) is 4.74 Å². The van der Waals surface area contributed by atoms with Crippen molar-refractivity contribution in [3.05, 3.63) is 118 Å². The minimum atomic E-state index is -1.02. The third-order valence-corrected chi connectivity index (χ3v) is 8.08. The number of pyridine rings is 2. The Hall–Kier alpha value is -5.11. The average molecular weight is 606 g/mol. The van der Waals surface area contributed by atoms with Crippen LogP contribution in [0.25, 0.3) is 22.2 Å². The van der Waals surface area contributed by atoms with Crippen LogP contribution in [0.1, 0.15) is 60.4 Å². The summed E-state index contributed by atoms with van der Waals surface area (Å²) >= 11 is 0. The summed E-state index contributed by atoms with van der Waals surface area (Å²) in [6.07, 6.45) is 5.18. The fraction of sp³-hybridized carbons (Fsp3) is 0.270. The number of hydrogen-bond acceptors (Lipinski definition) is 6. The molecule has 2 aromatic carbocycles. The normalized spacial score (nSPS) is 12.2. The molecule has 2 heterocycles. The second-order valence-corrected chi connectivity index (χ2v) is 11.8. The molecule has 0 spiro atoms. The standard InChI is InChI=1S/C37H39N3O5/c1-23(13-14-24(2)35(42)45-7)21-40(34(41)32-25(3)26(4)39-31-12-9-19-38-33(31)32)22-27-15-17-28(18-16-27)29-10-8-11-30(20-29)37(5,6)36(43)44/h8-20H,21-22H2,1-7H3,(H,43,44)/b23-13+,24-14+. The van der Waals surface area contributed by atoms with Crippen LogP contribution in [0.3, 0.4) is 0 Å². The average Bonchev–Trinajstić information content (AvgIpc) is 3.03. The topological polar surface area (TPSA) is 110 Å². The maximum Gasteiger partial charge on any atom is 0.333 e. The molecule has 8 nitrogen and oxygen atoms in total. The first-order valence-electron chi connectivity index (χ1n) is 14.7. The Morgan fingerprint density at radius 3 is 2.33 bits per heavy atom. The minimum Gasteiger partial charge on any atom is -0.481 e. The quantitative estimate of drug-likeness (QED) is 0.118. The Kier molecular flexibility index (Phi) is 9.97. The van der Waals surface area contributed by atoms with E-state index in [-0.39, 0.29) is 5.91 Å². The van der Waals surface area contributed by atoms with Gasteiger partial charge < -0.3 is 14.7 Å². The third kappa shape index (κ3) is 7.34. The lowest BCUT2D eigenvalue weighted by Crippen LogP contribution is -2.33. The lowest BCUT2D eigenvalue weighted by atomic mass is 9.83. The van der Waals surface area contributed by atoms with Gasteiger partial charge in [0.05, 0.1) is 23.6 Å². The van der Waals surface area contributed by atoms with Gasteiger partial charge in [0.2, 0.25) is 0 Å². The van der Waals surface area contributed by atoms with Crippen molar-refractivity contribution in [2.24, 2.45) is 0 Å². The molecule has 0 saturated heterocycles. The van der Waals surface area contributed by atoms with Gasteiger partial charge in [-0.2, -0.15) is 0 Å². The van der Waals surface area contributed by atoms with Crippen LogP contribution in [0.2, 0.25) is 0 Å². The van der Waals surface area contributed by atoms with Crippen molar-refractivity contribution in [1.82, 2.24) is 14.9 Å². The zero-order chi connectivity index (χ0) is 32.9. The van der Waals surface area contributed by atoms with Crippen molar-refractivity contribution in [3.63, 3.8) is 0 Å². The molecule has 0 radical (unpaired) electrons. The molecule has 0 saturated carbocycles. The Balaban J connectivity index is 1.70. The summed E-state index contributed by atoms with van der Waals surface area (Å²) in [6.45, 7) is 11.4. The van der Waals surface area contributed by atoms with Crippen molar-refractivity contribution < 1.29 is 24.2 Å². The van der Waals surface area contributed by atoms with Gasteiger partial charge in [0, 0.05) is 30.6 Å². The molecule has 4 rings (SSSR count). The highest BCUT2D eigenvalue weighted by Crippen LogP contribution is 2.29. The van der Waals surface area contributed by atoms with Gasteiger partial charge in [-0.25, -0.2) is 4.79 Å². The molecule has 1 N–H and O–H groups in total. The zero-order valence-corrected chi connectivity index (χ0v) is 26.8. The summed E-state index contributed by atoms with van der Waals surface area (Å²) in [6, 6.07) is 19.1. The van der Waals surface area contributed by atoms with Crippen molar-refractivity contribution in [1.29, 1.82) is 0 Å². The van der Waals surface area contributed by atoms with E-state index in [0.29, 0.717) is 35.3 Å². The molecule has 0 atom stereocenters. The van der Waals surface area contributed by atoms with Gasteiger partial charge in [-0.3, -0.25) is 19.6 Å². The molecule has 0 aliphatic carbocycles. The summed E-state index contributed by atoms with van der Waals surface area (Å²) in [4.78, 5) is 49.0. The van der Waals surface area contributed by atoms with E-state index in [0.717, 1.165) is 39.1 Å². The third-order valence-electron chi connectivity index (χ3n) is 8.08. The highest BCUT2D eigenvalue weighted by Gasteiger charge is 2.29. The van der Waals surface area contributed by atoms with Crippen LogP contribution < -0.4 is 0 Å². The van der Waals surface area contributed by atoms with E-state index in [1.54, 1.807) is 44.0 Å². The Morgan fingerprint density at radius 2 is 1.67 bits per heavy atom. The van der Waals surface area contributed by atoms with Crippen LogP contribution in [-0.2, 0) is 26.3 Å². The van der Waals surface area contributed by atoms with Crippen LogP contribution in [0.15, 0.2) is 90.2 Å². The molecule has 1 amide bonds. The molecule has 2 aromatic heterocycles. The molecule has 0 aliphatic heterocycles. The first-order chi connectivity index (χ1) is 21.3. The number of amides is 1. The number of carbonyl (C=O) groups excluding carboxylic acids is 2. The zero-order valence-electron chi connectivity index (χ0n) is 26.8. The molecular weight excluding hydrogens is 566 g/mol. The van der Waals surface area contributed by atoms with Gasteiger partial charge >= 0.3 is 11.9 Å². The smallest absolute Gasteiger partial charge is 0.333 e. The number of nitrogens with zero attached hydrogens (tertiary/aromatic N) is 3. The molecule has 4 aromatic rings. The maximum atomic E-state index is 14.3. The first-order valence-corrected chi connectivity index (χ1v) is 14.7. The highest BCUT2D eigenvalue weighted by molar-refractivity contribution is 6.06.